The van der Waals surface area contributed by atoms with Gasteiger partial charge in [0, 0.05) is 0 Å². The van der Waals surface area contributed by atoms with Crippen molar-refractivity contribution >= 4 is 5.69 Å². The molecule has 18 heavy (non-hydrogen) atoms. The van der Waals surface area contributed by atoms with Crippen LogP contribution in [0.1, 0.15) is 46.6 Å². The highest BCUT2D eigenvalue weighted by molar-refractivity contribution is 5.36. The first-order valence-electron chi connectivity index (χ1n) is 6.10. The van der Waals surface area contributed by atoms with E-state index in [4.69, 9.17) is 0 Å². The van der Waals surface area contributed by atoms with Crippen molar-refractivity contribution in [2.45, 2.75) is 47.5 Å². The van der Waals surface area contributed by atoms with Gasteiger partial charge in [-0.15, -0.1) is 0 Å². The summed E-state index contributed by atoms with van der Waals surface area (Å²) in [5, 5.41) is 10.2. The van der Waals surface area contributed by atoms with E-state index in [1.165, 1.54) is 6.42 Å². The second-order valence-electron chi connectivity index (χ2n) is 3.21. The maximum atomic E-state index is 12.9. The zero-order valence-electron chi connectivity index (χ0n) is 11.6. The van der Waals surface area contributed by atoms with Gasteiger partial charge in [0.2, 0.25) is 5.82 Å². The summed E-state index contributed by atoms with van der Waals surface area (Å²) in [4.78, 5) is 9.23. The lowest BCUT2D eigenvalue weighted by Crippen LogP contribution is -1.97. The van der Waals surface area contributed by atoms with Gasteiger partial charge in [-0.1, -0.05) is 41.0 Å². The van der Waals surface area contributed by atoms with Crippen LogP contribution in [-0.4, -0.2) is 4.92 Å². The maximum Gasteiger partial charge on any atom is 0.307 e. The molecule has 1 rings (SSSR count). The molecule has 0 aliphatic carbocycles. The van der Waals surface area contributed by atoms with Crippen molar-refractivity contribution < 1.29 is 13.7 Å². The number of nitrogens with zero attached hydrogens (tertiary/aromatic N) is 1. The van der Waals surface area contributed by atoms with E-state index < -0.39 is 22.2 Å². The van der Waals surface area contributed by atoms with Gasteiger partial charge in [0.15, 0.2) is 0 Å². The Balaban J connectivity index is 0. The highest BCUT2D eigenvalue weighted by Gasteiger charge is 2.17. The Morgan fingerprint density at radius 2 is 1.56 bits per heavy atom. The highest BCUT2D eigenvalue weighted by Crippen LogP contribution is 2.21. The van der Waals surface area contributed by atoms with E-state index in [1.54, 1.807) is 6.92 Å². The smallest absolute Gasteiger partial charge is 0.258 e. The molecule has 0 spiro atoms. The Bertz CT molecular complexity index is 368. The molecule has 104 valence electrons. The molecule has 0 amide bonds. The van der Waals surface area contributed by atoms with Crippen LogP contribution in [0.25, 0.3) is 0 Å². The predicted molar refractivity (Wildman–Crippen MR) is 69.7 cm³/mol. The molecule has 1 aromatic carbocycles. The lowest BCUT2D eigenvalue weighted by atomic mass is 10.1. The Morgan fingerprint density at radius 1 is 1.11 bits per heavy atom. The van der Waals surface area contributed by atoms with Gasteiger partial charge in [0.25, 0.3) is 0 Å². The first-order valence-corrected chi connectivity index (χ1v) is 6.10. The second kappa shape index (κ2) is 10.6. The fraction of sp³-hybridized carbons (Fsp3) is 0.538. The van der Waals surface area contributed by atoms with Gasteiger partial charge >= 0.3 is 5.69 Å². The van der Waals surface area contributed by atoms with Crippen LogP contribution in [0.4, 0.5) is 14.5 Å². The van der Waals surface area contributed by atoms with E-state index in [1.807, 2.05) is 13.8 Å². The lowest BCUT2D eigenvalue weighted by Gasteiger charge is -1.99. The standard InChI is InChI=1S/C8H7F2NO2.C3H8.C2H6/c1-2-5-3-7(10)8(11(12)13)4-6(5)9;1-3-2;1-2/h3-4H,2H2,1H3;3H2,1-2H3;1-2H3. The summed E-state index contributed by atoms with van der Waals surface area (Å²) in [5.41, 5.74) is -0.683. The molecule has 3 nitrogen and oxygen atoms in total. The van der Waals surface area contributed by atoms with Gasteiger partial charge in [0.05, 0.1) is 11.0 Å². The third-order valence-corrected chi connectivity index (χ3v) is 1.69. The van der Waals surface area contributed by atoms with Crippen molar-refractivity contribution in [2.75, 3.05) is 0 Å². The van der Waals surface area contributed by atoms with Crippen molar-refractivity contribution in [3.05, 3.63) is 39.4 Å². The minimum atomic E-state index is -0.997. The third kappa shape index (κ3) is 6.27. The fourth-order valence-electron chi connectivity index (χ4n) is 0.988. The van der Waals surface area contributed by atoms with Crippen LogP contribution in [0.3, 0.4) is 0 Å². The lowest BCUT2D eigenvalue weighted by molar-refractivity contribution is -0.387. The van der Waals surface area contributed by atoms with Crippen molar-refractivity contribution in [2.24, 2.45) is 0 Å². The third-order valence-electron chi connectivity index (χ3n) is 1.69. The molecule has 1 aromatic rings. The minimum Gasteiger partial charge on any atom is -0.258 e. The van der Waals surface area contributed by atoms with Gasteiger partial charge < -0.3 is 0 Å². The fourth-order valence-corrected chi connectivity index (χ4v) is 0.988. The van der Waals surface area contributed by atoms with Crippen LogP contribution < -0.4 is 0 Å². The van der Waals surface area contributed by atoms with Crippen LogP contribution in [0.15, 0.2) is 12.1 Å². The molecule has 0 N–H and O–H groups in total. The first-order chi connectivity index (χ1) is 8.47. The Labute approximate surface area is 107 Å². The molecule has 0 aliphatic rings. The van der Waals surface area contributed by atoms with E-state index in [2.05, 4.69) is 13.8 Å². The molecule has 0 bridgehead atoms. The summed E-state index contributed by atoms with van der Waals surface area (Å²) in [6.07, 6.45) is 1.56. The molecule has 0 aromatic heterocycles. The molecule has 0 aliphatic heterocycles. The molecule has 0 heterocycles. The maximum absolute atomic E-state index is 12.9. The summed E-state index contributed by atoms with van der Waals surface area (Å²) in [6, 6.07) is 1.46. The van der Waals surface area contributed by atoms with Crippen LogP contribution in [0.5, 0.6) is 0 Å². The Hall–Kier alpha value is -1.52. The summed E-state index contributed by atoms with van der Waals surface area (Å²) >= 11 is 0. The number of nitro benzene ring substituents is 1. The Morgan fingerprint density at radius 3 is 1.89 bits per heavy atom. The zero-order chi connectivity index (χ0) is 14.7. The average molecular weight is 261 g/mol. The zero-order valence-corrected chi connectivity index (χ0v) is 11.6. The van der Waals surface area contributed by atoms with E-state index in [0.29, 0.717) is 12.5 Å². The van der Waals surface area contributed by atoms with E-state index >= 15 is 0 Å². The molecule has 0 saturated heterocycles. The van der Waals surface area contributed by atoms with Gasteiger partial charge in [0.1, 0.15) is 5.82 Å². The van der Waals surface area contributed by atoms with Gasteiger partial charge in [-0.05, 0) is 18.1 Å². The van der Waals surface area contributed by atoms with E-state index in [-0.39, 0.29) is 5.56 Å². The van der Waals surface area contributed by atoms with E-state index in [0.717, 1.165) is 6.07 Å². The molecule has 0 atom stereocenters. The number of nitro groups is 1. The SMILES string of the molecule is CC.CCC.CCc1cc(F)c([N+](=O)[O-])cc1F. The van der Waals surface area contributed by atoms with Gasteiger partial charge in [-0.25, -0.2) is 4.39 Å². The normalized spacial score (nSPS) is 8.61. The van der Waals surface area contributed by atoms with Crippen LogP contribution in [0, 0.1) is 21.7 Å². The summed E-state index contributed by atoms with van der Waals surface area (Å²) in [7, 11) is 0. The average Bonchev–Trinajstić information content (AvgIpc) is 2.34. The number of hydrogen-bond acceptors (Lipinski definition) is 2. The minimum absolute atomic E-state index is 0.142. The molecular formula is C13H21F2NO2. The van der Waals surface area contributed by atoms with Crippen molar-refractivity contribution in [1.29, 1.82) is 0 Å². The quantitative estimate of drug-likeness (QED) is 0.562. The largest absolute Gasteiger partial charge is 0.307 e. The molecule has 0 unspecified atom stereocenters. The van der Waals surface area contributed by atoms with Crippen molar-refractivity contribution in [3.8, 4) is 0 Å². The first kappa shape index (κ1) is 18.8. The number of halogens is 2. The number of rotatable bonds is 2. The Kier molecular flexibility index (Phi) is 11.1. The topological polar surface area (TPSA) is 43.1 Å². The van der Waals surface area contributed by atoms with Crippen molar-refractivity contribution in [1.82, 2.24) is 0 Å². The molecular weight excluding hydrogens is 240 g/mol. The van der Waals surface area contributed by atoms with Crippen LogP contribution in [0.2, 0.25) is 0 Å². The van der Waals surface area contributed by atoms with Gasteiger partial charge in [-0.3, -0.25) is 10.1 Å². The molecule has 0 radical (unpaired) electrons. The monoisotopic (exact) mass is 261 g/mol. The van der Waals surface area contributed by atoms with Gasteiger partial charge in [-0.2, -0.15) is 4.39 Å². The van der Waals surface area contributed by atoms with E-state index in [9.17, 15) is 18.9 Å². The molecule has 5 heteroatoms. The number of benzene rings is 1. The summed E-state index contributed by atoms with van der Waals surface area (Å²) in [5.74, 6) is -1.74. The second-order valence-corrected chi connectivity index (χ2v) is 3.21. The highest BCUT2D eigenvalue weighted by atomic mass is 19.1. The van der Waals surface area contributed by atoms with Crippen molar-refractivity contribution in [3.63, 3.8) is 0 Å². The summed E-state index contributed by atoms with van der Waals surface area (Å²) < 4.78 is 25.8. The van der Waals surface area contributed by atoms with Crippen LogP contribution in [-0.2, 0) is 6.42 Å². The number of aryl methyl sites for hydroxylation is 1. The number of hydrogen-bond donors (Lipinski definition) is 0. The van der Waals surface area contributed by atoms with Crippen LogP contribution >= 0.6 is 0 Å². The molecule has 0 saturated carbocycles. The molecule has 0 fully saturated rings. The predicted octanol–water partition coefficient (Wildman–Crippen LogP) is 4.88. The summed E-state index contributed by atoms with van der Waals surface area (Å²) in [6.45, 7) is 9.89.